The van der Waals surface area contributed by atoms with Crippen LogP contribution in [0.3, 0.4) is 0 Å². The van der Waals surface area contributed by atoms with E-state index in [1.54, 1.807) is 25.1 Å². The van der Waals surface area contributed by atoms with E-state index in [1.807, 2.05) is 10.9 Å². The highest BCUT2D eigenvalue weighted by Gasteiger charge is 2.17. The van der Waals surface area contributed by atoms with Gasteiger partial charge in [-0.05, 0) is 51.4 Å². The van der Waals surface area contributed by atoms with E-state index in [1.165, 1.54) is 6.92 Å². The molecule has 1 unspecified atom stereocenters. The molecule has 0 aliphatic carbocycles. The van der Waals surface area contributed by atoms with Gasteiger partial charge in [-0.1, -0.05) is 0 Å². The molecule has 0 saturated carbocycles. The number of pyridine rings is 1. The summed E-state index contributed by atoms with van der Waals surface area (Å²) in [6, 6.07) is 5.55. The predicted molar refractivity (Wildman–Crippen MR) is 93.5 cm³/mol. The smallest absolute Gasteiger partial charge is 0.272 e. The molecular weight excluding hydrogens is 318 g/mol. The van der Waals surface area contributed by atoms with Crippen molar-refractivity contribution in [3.05, 3.63) is 47.0 Å². The van der Waals surface area contributed by atoms with Crippen molar-refractivity contribution in [1.82, 2.24) is 25.4 Å². The molecule has 1 aliphatic heterocycles. The zero-order valence-corrected chi connectivity index (χ0v) is 14.6. The summed E-state index contributed by atoms with van der Waals surface area (Å²) in [4.78, 5) is 28.1. The minimum absolute atomic E-state index is 0.0108. The molecule has 0 bridgehead atoms. The van der Waals surface area contributed by atoms with Gasteiger partial charge in [-0.25, -0.2) is 0 Å². The minimum atomic E-state index is -0.224. The highest BCUT2D eigenvalue weighted by Crippen LogP contribution is 2.15. The molecule has 0 aromatic carbocycles. The zero-order chi connectivity index (χ0) is 17.8. The summed E-state index contributed by atoms with van der Waals surface area (Å²) in [7, 11) is 0. The standard InChI is InChI=1S/C18H23N5O2/c1-12-16(13(2)24)6-5-14(21-12)10-20-18(25)17-7-9-23(22-17)15-4-3-8-19-11-15/h5-7,9,15,19H,3-4,8,10-11H2,1-2H3,(H,20,25). The first kappa shape index (κ1) is 17.3. The Kier molecular flexibility index (Phi) is 5.23. The van der Waals surface area contributed by atoms with Gasteiger partial charge in [0.05, 0.1) is 18.3 Å². The topological polar surface area (TPSA) is 88.9 Å². The number of Topliss-reactive ketones (excluding diaryl/α,β-unsaturated/α-hetero) is 1. The van der Waals surface area contributed by atoms with E-state index in [4.69, 9.17) is 0 Å². The predicted octanol–water partition coefficient (Wildman–Crippen LogP) is 1.64. The van der Waals surface area contributed by atoms with Crippen LogP contribution in [-0.4, -0.2) is 39.5 Å². The molecule has 2 N–H and O–H groups in total. The van der Waals surface area contributed by atoms with Crippen molar-refractivity contribution in [3.63, 3.8) is 0 Å². The molecule has 1 atom stereocenters. The van der Waals surface area contributed by atoms with Crippen LogP contribution >= 0.6 is 0 Å². The fourth-order valence-corrected chi connectivity index (χ4v) is 3.07. The second-order valence-electron chi connectivity index (χ2n) is 6.36. The van der Waals surface area contributed by atoms with Crippen LogP contribution < -0.4 is 10.6 Å². The van der Waals surface area contributed by atoms with Crippen molar-refractivity contribution in [3.8, 4) is 0 Å². The van der Waals surface area contributed by atoms with E-state index in [-0.39, 0.29) is 11.7 Å². The van der Waals surface area contributed by atoms with Crippen LogP contribution in [0.2, 0.25) is 0 Å². The monoisotopic (exact) mass is 341 g/mol. The first-order valence-electron chi connectivity index (χ1n) is 8.56. The van der Waals surface area contributed by atoms with Crippen molar-refractivity contribution in [2.45, 2.75) is 39.3 Å². The van der Waals surface area contributed by atoms with Crippen LogP contribution in [0.5, 0.6) is 0 Å². The first-order valence-corrected chi connectivity index (χ1v) is 8.56. The number of carbonyl (C=O) groups is 2. The van der Waals surface area contributed by atoms with Gasteiger partial charge in [0.15, 0.2) is 5.78 Å². The molecule has 0 spiro atoms. The molecule has 1 fully saturated rings. The van der Waals surface area contributed by atoms with Crippen LogP contribution in [0.4, 0.5) is 0 Å². The Labute approximate surface area is 146 Å². The maximum absolute atomic E-state index is 12.3. The Morgan fingerprint density at radius 2 is 2.20 bits per heavy atom. The molecule has 1 saturated heterocycles. The number of aromatic nitrogens is 3. The Bertz CT molecular complexity index is 778. The summed E-state index contributed by atoms with van der Waals surface area (Å²) < 4.78 is 1.87. The Balaban J connectivity index is 1.60. The number of ketones is 1. The van der Waals surface area contributed by atoms with Crippen LogP contribution in [0, 0.1) is 6.92 Å². The minimum Gasteiger partial charge on any atom is -0.345 e. The van der Waals surface area contributed by atoms with Gasteiger partial charge in [-0.3, -0.25) is 19.3 Å². The van der Waals surface area contributed by atoms with Gasteiger partial charge < -0.3 is 10.6 Å². The molecule has 25 heavy (non-hydrogen) atoms. The van der Waals surface area contributed by atoms with E-state index in [0.717, 1.165) is 25.9 Å². The molecule has 132 valence electrons. The lowest BCUT2D eigenvalue weighted by molar-refractivity contribution is 0.0942. The van der Waals surface area contributed by atoms with Crippen LogP contribution in [-0.2, 0) is 6.54 Å². The zero-order valence-electron chi connectivity index (χ0n) is 14.6. The number of nitrogens with zero attached hydrogens (tertiary/aromatic N) is 3. The third-order valence-electron chi connectivity index (χ3n) is 4.44. The molecule has 1 amide bonds. The third kappa shape index (κ3) is 4.11. The highest BCUT2D eigenvalue weighted by molar-refractivity contribution is 5.95. The molecule has 1 aliphatic rings. The molecule has 7 nitrogen and oxygen atoms in total. The van der Waals surface area contributed by atoms with Crippen LogP contribution in [0.25, 0.3) is 0 Å². The average molecular weight is 341 g/mol. The number of aryl methyl sites for hydroxylation is 1. The summed E-state index contributed by atoms with van der Waals surface area (Å²) in [6.45, 7) is 5.54. The van der Waals surface area contributed by atoms with E-state index in [0.29, 0.717) is 35.2 Å². The number of piperidine rings is 1. The first-order chi connectivity index (χ1) is 12.0. The van der Waals surface area contributed by atoms with Crippen LogP contribution in [0.1, 0.15) is 58.0 Å². The summed E-state index contributed by atoms with van der Waals surface area (Å²) in [5.74, 6) is -0.235. The molecule has 0 radical (unpaired) electrons. The van der Waals surface area contributed by atoms with Gasteiger partial charge in [-0.2, -0.15) is 5.10 Å². The van der Waals surface area contributed by atoms with Gasteiger partial charge in [-0.15, -0.1) is 0 Å². The number of amides is 1. The van der Waals surface area contributed by atoms with Crippen molar-refractivity contribution in [1.29, 1.82) is 0 Å². The lowest BCUT2D eigenvalue weighted by Gasteiger charge is -2.22. The molecular formula is C18H23N5O2. The Morgan fingerprint density at radius 1 is 1.36 bits per heavy atom. The van der Waals surface area contributed by atoms with E-state index in [9.17, 15) is 9.59 Å². The summed E-state index contributed by atoms with van der Waals surface area (Å²) in [6.07, 6.45) is 4.05. The number of rotatable bonds is 5. The fraction of sp³-hybridized carbons (Fsp3) is 0.444. The lowest BCUT2D eigenvalue weighted by atomic mass is 10.1. The second kappa shape index (κ2) is 7.57. The third-order valence-corrected chi connectivity index (χ3v) is 4.44. The average Bonchev–Trinajstić information content (AvgIpc) is 3.10. The molecule has 2 aromatic rings. The van der Waals surface area contributed by atoms with Gasteiger partial charge >= 0.3 is 0 Å². The van der Waals surface area contributed by atoms with Gasteiger partial charge in [0.25, 0.3) is 5.91 Å². The van der Waals surface area contributed by atoms with Crippen molar-refractivity contribution in [2.24, 2.45) is 0 Å². The summed E-state index contributed by atoms with van der Waals surface area (Å²) in [5, 5.41) is 10.6. The maximum atomic E-state index is 12.3. The largest absolute Gasteiger partial charge is 0.345 e. The normalized spacial score (nSPS) is 17.3. The van der Waals surface area contributed by atoms with Gasteiger partial charge in [0, 0.05) is 24.0 Å². The van der Waals surface area contributed by atoms with Crippen molar-refractivity contribution in [2.75, 3.05) is 13.1 Å². The highest BCUT2D eigenvalue weighted by atomic mass is 16.2. The fourth-order valence-electron chi connectivity index (χ4n) is 3.07. The molecule has 3 rings (SSSR count). The quantitative estimate of drug-likeness (QED) is 0.807. The maximum Gasteiger partial charge on any atom is 0.272 e. The Morgan fingerprint density at radius 3 is 2.88 bits per heavy atom. The molecule has 7 heteroatoms. The SMILES string of the molecule is CC(=O)c1ccc(CNC(=O)c2ccn(C3CCCNC3)n2)nc1C. The molecule has 2 aromatic heterocycles. The number of nitrogens with one attached hydrogen (secondary N) is 2. The van der Waals surface area contributed by atoms with E-state index in [2.05, 4.69) is 20.7 Å². The van der Waals surface area contributed by atoms with Crippen molar-refractivity contribution < 1.29 is 9.59 Å². The van der Waals surface area contributed by atoms with E-state index < -0.39 is 0 Å². The number of carbonyl (C=O) groups excluding carboxylic acids is 2. The van der Waals surface area contributed by atoms with Crippen LogP contribution in [0.15, 0.2) is 24.4 Å². The van der Waals surface area contributed by atoms with Crippen molar-refractivity contribution >= 4 is 11.7 Å². The van der Waals surface area contributed by atoms with Gasteiger partial charge in [0.1, 0.15) is 5.69 Å². The van der Waals surface area contributed by atoms with E-state index >= 15 is 0 Å². The Hall–Kier alpha value is -2.54. The second-order valence-corrected chi connectivity index (χ2v) is 6.36. The summed E-state index contributed by atoms with van der Waals surface area (Å²) in [5.41, 5.74) is 2.40. The number of hydrogen-bond acceptors (Lipinski definition) is 5. The molecule has 3 heterocycles. The lowest BCUT2D eigenvalue weighted by Crippen LogP contribution is -2.32. The number of hydrogen-bond donors (Lipinski definition) is 2. The van der Waals surface area contributed by atoms with Gasteiger partial charge in [0.2, 0.25) is 0 Å². The summed E-state index contributed by atoms with van der Waals surface area (Å²) >= 11 is 0.